The van der Waals surface area contributed by atoms with Gasteiger partial charge >= 0.3 is 5.69 Å². The van der Waals surface area contributed by atoms with Crippen molar-refractivity contribution < 1.29 is 4.74 Å². The van der Waals surface area contributed by atoms with Gasteiger partial charge in [0.1, 0.15) is 0 Å². The first-order valence-corrected chi connectivity index (χ1v) is 10.8. The number of hydrogen-bond donors (Lipinski definition) is 1. The summed E-state index contributed by atoms with van der Waals surface area (Å²) in [6.07, 6.45) is 3.34. The Kier molecular flexibility index (Phi) is 5.20. The summed E-state index contributed by atoms with van der Waals surface area (Å²) in [5.41, 5.74) is 3.11. The van der Waals surface area contributed by atoms with Crippen LogP contribution in [0.15, 0.2) is 53.3 Å². The van der Waals surface area contributed by atoms with Crippen LogP contribution < -0.4 is 5.69 Å². The Labute approximate surface area is 175 Å². The fourth-order valence-electron chi connectivity index (χ4n) is 4.90. The van der Waals surface area contributed by atoms with Crippen molar-refractivity contribution in [2.24, 2.45) is 0 Å². The molecule has 2 aromatic carbocycles. The van der Waals surface area contributed by atoms with Crippen LogP contribution in [0.1, 0.15) is 36.8 Å². The molecule has 0 bridgehead atoms. The number of hydrogen-bond acceptors (Lipinski definition) is 3. The van der Waals surface area contributed by atoms with Crippen LogP contribution in [0.25, 0.3) is 11.0 Å². The number of piperidine rings is 1. The first-order chi connectivity index (χ1) is 14.2. The Hall–Kier alpha value is -2.08. The minimum absolute atomic E-state index is 0.0365. The first-order valence-electron chi connectivity index (χ1n) is 10.5. The number of halogens is 1. The molecule has 2 fully saturated rings. The number of ether oxygens (including phenoxy) is 1. The molecule has 2 aliphatic rings. The molecule has 5 nitrogen and oxygen atoms in total. The number of aromatic amines is 1. The van der Waals surface area contributed by atoms with Gasteiger partial charge in [-0.2, -0.15) is 0 Å². The normalized spacial score (nSPS) is 23.8. The number of nitrogens with one attached hydrogen (secondary N) is 1. The summed E-state index contributed by atoms with van der Waals surface area (Å²) in [4.78, 5) is 17.9. The lowest BCUT2D eigenvalue weighted by atomic mass is 9.96. The molecular weight excluding hydrogens is 386 g/mol. The second kappa shape index (κ2) is 7.98. The van der Waals surface area contributed by atoms with Crippen LogP contribution in [-0.2, 0) is 4.74 Å². The topological polar surface area (TPSA) is 50.3 Å². The Morgan fingerprint density at radius 1 is 1.10 bits per heavy atom. The van der Waals surface area contributed by atoms with Gasteiger partial charge in [0.2, 0.25) is 0 Å². The Bertz CT molecular complexity index is 1040. The number of nitrogens with zero attached hydrogens (tertiary/aromatic N) is 2. The van der Waals surface area contributed by atoms with Crippen LogP contribution in [0.3, 0.4) is 0 Å². The molecule has 5 rings (SSSR count). The third kappa shape index (κ3) is 3.87. The van der Waals surface area contributed by atoms with Gasteiger partial charge in [0.25, 0.3) is 0 Å². The van der Waals surface area contributed by atoms with Gasteiger partial charge in [0.15, 0.2) is 0 Å². The lowest BCUT2D eigenvalue weighted by molar-refractivity contribution is 0.0601. The summed E-state index contributed by atoms with van der Waals surface area (Å²) in [7, 11) is 0. The molecule has 3 aromatic rings. The number of imidazole rings is 1. The SMILES string of the molecule is O=c1[nH]c2cc(Cl)ccc2n1C1CCN(CC2CC(c3ccccc3)CO2)CC1. The highest BCUT2D eigenvalue weighted by Crippen LogP contribution is 2.31. The zero-order valence-electron chi connectivity index (χ0n) is 16.4. The van der Waals surface area contributed by atoms with E-state index >= 15 is 0 Å². The molecule has 3 heterocycles. The zero-order valence-corrected chi connectivity index (χ0v) is 17.1. The molecule has 152 valence electrons. The standard InChI is InChI=1S/C23H26ClN3O2/c24-18-6-7-22-21(13-18)25-23(28)27(22)19-8-10-26(11-9-19)14-20-12-17(15-29-20)16-4-2-1-3-5-16/h1-7,13,17,19-20H,8-12,14-15H2,(H,25,28). The number of fused-ring (bicyclic) bond motifs is 1. The molecule has 2 aliphatic heterocycles. The van der Waals surface area contributed by atoms with Crippen LogP contribution in [0.5, 0.6) is 0 Å². The maximum Gasteiger partial charge on any atom is 0.326 e. The third-order valence-corrected chi connectivity index (χ3v) is 6.65. The van der Waals surface area contributed by atoms with E-state index in [1.165, 1.54) is 5.56 Å². The van der Waals surface area contributed by atoms with Gasteiger partial charge in [-0.25, -0.2) is 4.79 Å². The van der Waals surface area contributed by atoms with E-state index in [0.717, 1.165) is 56.5 Å². The van der Waals surface area contributed by atoms with Crippen molar-refractivity contribution in [3.63, 3.8) is 0 Å². The van der Waals surface area contributed by atoms with Gasteiger partial charge in [0.05, 0.1) is 23.7 Å². The number of aromatic nitrogens is 2. The number of likely N-dealkylation sites (tertiary alicyclic amines) is 1. The second-order valence-electron chi connectivity index (χ2n) is 8.29. The fraction of sp³-hybridized carbons (Fsp3) is 0.435. The summed E-state index contributed by atoms with van der Waals surface area (Å²) in [5.74, 6) is 0.510. The first kappa shape index (κ1) is 18.9. The second-order valence-corrected chi connectivity index (χ2v) is 8.73. The van der Waals surface area contributed by atoms with Crippen LogP contribution in [0.4, 0.5) is 0 Å². The maximum absolute atomic E-state index is 12.5. The minimum atomic E-state index is -0.0365. The summed E-state index contributed by atoms with van der Waals surface area (Å²) < 4.78 is 8.01. The van der Waals surface area contributed by atoms with E-state index in [1.807, 2.05) is 22.8 Å². The van der Waals surface area contributed by atoms with E-state index in [4.69, 9.17) is 16.3 Å². The summed E-state index contributed by atoms with van der Waals surface area (Å²) >= 11 is 6.07. The van der Waals surface area contributed by atoms with Gasteiger partial charge < -0.3 is 14.6 Å². The maximum atomic E-state index is 12.5. The van der Waals surface area contributed by atoms with Crippen molar-refractivity contribution >= 4 is 22.6 Å². The fourth-order valence-corrected chi connectivity index (χ4v) is 5.08. The summed E-state index contributed by atoms with van der Waals surface area (Å²) in [6, 6.07) is 16.5. The lowest BCUT2D eigenvalue weighted by Gasteiger charge is -2.33. The van der Waals surface area contributed by atoms with Gasteiger partial charge in [-0.3, -0.25) is 4.57 Å². The highest BCUT2D eigenvalue weighted by Gasteiger charge is 2.30. The smallest absolute Gasteiger partial charge is 0.326 e. The molecule has 29 heavy (non-hydrogen) atoms. The Morgan fingerprint density at radius 2 is 1.90 bits per heavy atom. The molecule has 0 radical (unpaired) electrons. The molecule has 1 aromatic heterocycles. The van der Waals surface area contributed by atoms with Crippen molar-refractivity contribution in [1.82, 2.24) is 14.5 Å². The van der Waals surface area contributed by atoms with E-state index in [1.54, 1.807) is 0 Å². The molecule has 2 saturated heterocycles. The van der Waals surface area contributed by atoms with Gasteiger partial charge in [0, 0.05) is 36.6 Å². The lowest BCUT2D eigenvalue weighted by Crippen LogP contribution is -2.40. The molecule has 0 saturated carbocycles. The van der Waals surface area contributed by atoms with E-state index in [2.05, 4.69) is 40.2 Å². The van der Waals surface area contributed by atoms with Crippen LogP contribution in [-0.4, -0.2) is 46.8 Å². The van der Waals surface area contributed by atoms with Gasteiger partial charge in [-0.15, -0.1) is 0 Å². The quantitative estimate of drug-likeness (QED) is 0.700. The molecule has 1 N–H and O–H groups in total. The number of benzene rings is 2. The molecule has 6 heteroatoms. The molecule has 2 unspecified atom stereocenters. The van der Waals surface area contributed by atoms with E-state index < -0.39 is 0 Å². The average molecular weight is 412 g/mol. The minimum Gasteiger partial charge on any atom is -0.376 e. The Morgan fingerprint density at radius 3 is 2.69 bits per heavy atom. The van der Waals surface area contributed by atoms with E-state index in [9.17, 15) is 4.79 Å². The third-order valence-electron chi connectivity index (χ3n) is 6.41. The van der Waals surface area contributed by atoms with Crippen LogP contribution in [0, 0.1) is 0 Å². The molecular formula is C23H26ClN3O2. The average Bonchev–Trinajstić information content (AvgIpc) is 3.33. The van der Waals surface area contributed by atoms with Crippen molar-refractivity contribution in [1.29, 1.82) is 0 Å². The van der Waals surface area contributed by atoms with Crippen LogP contribution >= 0.6 is 11.6 Å². The zero-order chi connectivity index (χ0) is 19.8. The monoisotopic (exact) mass is 411 g/mol. The van der Waals surface area contributed by atoms with Crippen molar-refractivity contribution in [3.8, 4) is 0 Å². The van der Waals surface area contributed by atoms with Gasteiger partial charge in [-0.05, 0) is 43.0 Å². The molecule has 2 atom stereocenters. The highest BCUT2D eigenvalue weighted by molar-refractivity contribution is 6.31. The summed E-state index contributed by atoms with van der Waals surface area (Å²) in [6.45, 7) is 3.79. The van der Waals surface area contributed by atoms with Crippen molar-refractivity contribution in [2.75, 3.05) is 26.2 Å². The van der Waals surface area contributed by atoms with E-state index in [-0.39, 0.29) is 11.7 Å². The molecule has 0 aliphatic carbocycles. The predicted octanol–water partition coefficient (Wildman–Crippen LogP) is 4.19. The van der Waals surface area contributed by atoms with E-state index in [0.29, 0.717) is 17.0 Å². The Balaban J connectivity index is 1.20. The predicted molar refractivity (Wildman–Crippen MR) is 116 cm³/mol. The largest absolute Gasteiger partial charge is 0.376 e. The van der Waals surface area contributed by atoms with Crippen molar-refractivity contribution in [3.05, 3.63) is 69.6 Å². The number of H-pyrrole nitrogens is 1. The molecule has 0 amide bonds. The molecule has 0 spiro atoms. The van der Waals surface area contributed by atoms with Crippen LogP contribution in [0.2, 0.25) is 5.02 Å². The number of rotatable bonds is 4. The van der Waals surface area contributed by atoms with Gasteiger partial charge in [-0.1, -0.05) is 41.9 Å². The summed E-state index contributed by atoms with van der Waals surface area (Å²) in [5, 5.41) is 0.645. The van der Waals surface area contributed by atoms with Crippen molar-refractivity contribution in [2.45, 2.75) is 37.3 Å². The highest BCUT2D eigenvalue weighted by atomic mass is 35.5.